The molecule has 4 nitrogen and oxygen atoms in total. The molecule has 0 radical (unpaired) electrons. The van der Waals surface area contributed by atoms with Crippen LogP contribution in [0.2, 0.25) is 5.02 Å². The van der Waals surface area contributed by atoms with E-state index in [2.05, 4.69) is 19.2 Å². The fraction of sp³-hybridized carbons (Fsp3) is 0.556. The summed E-state index contributed by atoms with van der Waals surface area (Å²) in [6, 6.07) is 6.99. The van der Waals surface area contributed by atoms with Crippen LogP contribution in [0.3, 0.4) is 0 Å². The lowest BCUT2D eigenvalue weighted by molar-refractivity contribution is -0.128. The third-order valence-corrected chi connectivity index (χ3v) is 5.06. The normalized spacial score (nSPS) is 25.3. The molecule has 0 bridgehead atoms. The summed E-state index contributed by atoms with van der Waals surface area (Å²) in [6.07, 6.45) is 2.75. The van der Waals surface area contributed by atoms with Crippen LogP contribution in [-0.2, 0) is 4.79 Å². The van der Waals surface area contributed by atoms with Crippen LogP contribution in [0, 0.1) is 23.2 Å². The van der Waals surface area contributed by atoms with Gasteiger partial charge >= 0.3 is 0 Å². The van der Waals surface area contributed by atoms with Crippen LogP contribution in [0.15, 0.2) is 18.2 Å². The molecule has 23 heavy (non-hydrogen) atoms. The van der Waals surface area contributed by atoms with E-state index in [4.69, 9.17) is 21.6 Å². The smallest absolute Gasteiger partial charge is 0.261 e. The number of nitrogens with zero attached hydrogens (tertiary/aromatic N) is 1. The highest BCUT2D eigenvalue weighted by atomic mass is 35.5. The Kier molecular flexibility index (Phi) is 5.90. The highest BCUT2D eigenvalue weighted by molar-refractivity contribution is 6.32. The number of carbonyl (C=O) groups is 1. The minimum atomic E-state index is -0.634. The Balaban J connectivity index is 1.96. The van der Waals surface area contributed by atoms with Gasteiger partial charge in [0.2, 0.25) is 0 Å². The molecule has 0 aliphatic heterocycles. The number of halogens is 1. The Morgan fingerprint density at radius 3 is 2.83 bits per heavy atom. The summed E-state index contributed by atoms with van der Waals surface area (Å²) in [7, 11) is 0. The van der Waals surface area contributed by atoms with Crippen molar-refractivity contribution in [1.29, 1.82) is 5.26 Å². The number of rotatable bonds is 4. The first-order chi connectivity index (χ1) is 10.9. The number of nitriles is 1. The lowest BCUT2D eigenvalue weighted by atomic mass is 9.78. The van der Waals surface area contributed by atoms with Crippen molar-refractivity contribution in [2.45, 2.75) is 52.2 Å². The van der Waals surface area contributed by atoms with Crippen molar-refractivity contribution in [2.24, 2.45) is 11.8 Å². The second-order valence-electron chi connectivity index (χ2n) is 6.40. The zero-order valence-electron chi connectivity index (χ0n) is 13.8. The highest BCUT2D eigenvalue weighted by Gasteiger charge is 2.29. The maximum absolute atomic E-state index is 12.4. The first-order valence-corrected chi connectivity index (χ1v) is 8.47. The predicted octanol–water partition coefficient (Wildman–Crippen LogP) is 3.92. The standard InChI is InChI=1S/C18H23ClN2O2/c1-11-5-4-6-16(12(11)2)21-18(22)13(3)23-17-8-7-14(10-20)9-15(17)19/h7-9,11-13,16H,4-6H2,1-3H3,(H,21,22)/t11-,12-,13-,16-/m1/s1. The minimum absolute atomic E-state index is 0.128. The number of nitrogens with one attached hydrogen (secondary N) is 1. The van der Waals surface area contributed by atoms with E-state index in [-0.39, 0.29) is 11.9 Å². The largest absolute Gasteiger partial charge is 0.479 e. The van der Waals surface area contributed by atoms with Crippen molar-refractivity contribution in [1.82, 2.24) is 5.32 Å². The van der Waals surface area contributed by atoms with Crippen LogP contribution in [-0.4, -0.2) is 18.1 Å². The molecule has 0 saturated heterocycles. The van der Waals surface area contributed by atoms with E-state index in [0.29, 0.717) is 28.2 Å². The van der Waals surface area contributed by atoms with E-state index in [1.807, 2.05) is 6.07 Å². The van der Waals surface area contributed by atoms with Crippen LogP contribution in [0.1, 0.15) is 45.6 Å². The van der Waals surface area contributed by atoms with E-state index in [1.54, 1.807) is 19.1 Å². The molecule has 5 heteroatoms. The fourth-order valence-electron chi connectivity index (χ4n) is 3.00. The summed E-state index contributed by atoms with van der Waals surface area (Å²) >= 11 is 6.08. The van der Waals surface area contributed by atoms with Crippen molar-refractivity contribution in [3.05, 3.63) is 28.8 Å². The summed E-state index contributed by atoms with van der Waals surface area (Å²) in [6.45, 7) is 6.14. The average Bonchev–Trinajstić information content (AvgIpc) is 2.53. The lowest BCUT2D eigenvalue weighted by Crippen LogP contribution is -2.48. The zero-order valence-corrected chi connectivity index (χ0v) is 14.6. The molecule has 1 aromatic carbocycles. The molecular formula is C18H23ClN2O2. The van der Waals surface area contributed by atoms with Gasteiger partial charge in [-0.1, -0.05) is 38.3 Å². The Morgan fingerprint density at radius 2 is 2.17 bits per heavy atom. The first-order valence-electron chi connectivity index (χ1n) is 8.09. The maximum atomic E-state index is 12.4. The lowest BCUT2D eigenvalue weighted by Gasteiger charge is -2.35. The van der Waals surface area contributed by atoms with E-state index < -0.39 is 6.10 Å². The second-order valence-corrected chi connectivity index (χ2v) is 6.81. The van der Waals surface area contributed by atoms with Crippen LogP contribution in [0.25, 0.3) is 0 Å². The van der Waals surface area contributed by atoms with Crippen LogP contribution in [0.5, 0.6) is 5.75 Å². The van der Waals surface area contributed by atoms with Crippen LogP contribution in [0.4, 0.5) is 0 Å². The van der Waals surface area contributed by atoms with Gasteiger partial charge in [0.25, 0.3) is 5.91 Å². The molecule has 1 N–H and O–H groups in total. The molecular weight excluding hydrogens is 312 g/mol. The van der Waals surface area contributed by atoms with E-state index in [9.17, 15) is 4.79 Å². The number of amides is 1. The predicted molar refractivity (Wildman–Crippen MR) is 90.4 cm³/mol. The van der Waals surface area contributed by atoms with Gasteiger partial charge in [-0.2, -0.15) is 5.26 Å². The van der Waals surface area contributed by atoms with Crippen molar-refractivity contribution < 1.29 is 9.53 Å². The van der Waals surface area contributed by atoms with Crippen LogP contribution < -0.4 is 10.1 Å². The van der Waals surface area contributed by atoms with Crippen molar-refractivity contribution in [3.63, 3.8) is 0 Å². The molecule has 1 amide bonds. The van der Waals surface area contributed by atoms with Gasteiger partial charge in [-0.05, 0) is 43.4 Å². The second kappa shape index (κ2) is 7.70. The molecule has 0 aromatic heterocycles. The molecule has 1 aromatic rings. The number of hydrogen-bond acceptors (Lipinski definition) is 3. The van der Waals surface area contributed by atoms with Crippen LogP contribution >= 0.6 is 11.6 Å². The van der Waals surface area contributed by atoms with Crippen molar-refractivity contribution in [3.8, 4) is 11.8 Å². The summed E-state index contributed by atoms with van der Waals surface area (Å²) < 4.78 is 5.66. The molecule has 1 saturated carbocycles. The van der Waals surface area contributed by atoms with Gasteiger partial charge in [0.15, 0.2) is 6.10 Å². The van der Waals surface area contributed by atoms with Crippen molar-refractivity contribution in [2.75, 3.05) is 0 Å². The third kappa shape index (κ3) is 4.39. The number of hydrogen-bond donors (Lipinski definition) is 1. The van der Waals surface area contributed by atoms with Gasteiger partial charge in [-0.25, -0.2) is 0 Å². The molecule has 1 aliphatic rings. The fourth-order valence-corrected chi connectivity index (χ4v) is 3.22. The van der Waals surface area contributed by atoms with Gasteiger partial charge in [0.1, 0.15) is 5.75 Å². The SMILES string of the molecule is C[C@@H]1[C@H](C)CCC[C@H]1NC(=O)[C@@H](C)Oc1ccc(C#N)cc1Cl. The Morgan fingerprint density at radius 1 is 1.43 bits per heavy atom. The van der Waals surface area contributed by atoms with Gasteiger partial charge in [0.05, 0.1) is 16.7 Å². The summed E-state index contributed by atoms with van der Waals surface area (Å²) in [5, 5.41) is 12.3. The highest BCUT2D eigenvalue weighted by Crippen LogP contribution is 2.30. The molecule has 0 heterocycles. The van der Waals surface area contributed by atoms with E-state index in [1.165, 1.54) is 12.5 Å². The monoisotopic (exact) mass is 334 g/mol. The Hall–Kier alpha value is -1.73. The first kappa shape index (κ1) is 17.6. The Labute approximate surface area is 142 Å². The molecule has 124 valence electrons. The zero-order chi connectivity index (χ0) is 17.0. The van der Waals surface area contributed by atoms with Gasteiger partial charge in [-0.3, -0.25) is 4.79 Å². The molecule has 2 rings (SSSR count). The maximum Gasteiger partial charge on any atom is 0.261 e. The van der Waals surface area contributed by atoms with Gasteiger partial charge < -0.3 is 10.1 Å². The van der Waals surface area contributed by atoms with E-state index >= 15 is 0 Å². The van der Waals surface area contributed by atoms with Gasteiger partial charge in [-0.15, -0.1) is 0 Å². The molecule has 0 unspecified atom stereocenters. The topological polar surface area (TPSA) is 62.1 Å². The molecule has 0 spiro atoms. The molecule has 1 aliphatic carbocycles. The quantitative estimate of drug-likeness (QED) is 0.907. The average molecular weight is 335 g/mol. The third-order valence-electron chi connectivity index (χ3n) is 4.77. The molecule has 1 fully saturated rings. The molecule has 4 atom stereocenters. The minimum Gasteiger partial charge on any atom is -0.479 e. The number of benzene rings is 1. The Bertz CT molecular complexity index is 612. The number of carbonyl (C=O) groups excluding carboxylic acids is 1. The number of ether oxygens (including phenoxy) is 1. The summed E-state index contributed by atoms with van der Waals surface area (Å²) in [4.78, 5) is 12.4. The summed E-state index contributed by atoms with van der Waals surface area (Å²) in [5.74, 6) is 1.38. The summed E-state index contributed by atoms with van der Waals surface area (Å²) in [5.41, 5.74) is 0.462. The van der Waals surface area contributed by atoms with Crippen molar-refractivity contribution >= 4 is 17.5 Å². The van der Waals surface area contributed by atoms with Gasteiger partial charge in [0, 0.05) is 6.04 Å². The van der Waals surface area contributed by atoms with E-state index in [0.717, 1.165) is 12.8 Å².